The molecular formula is C24H34N4O10. The summed E-state index contributed by atoms with van der Waals surface area (Å²) in [6.07, 6.45) is -1.35. The first-order chi connectivity index (χ1) is 17.7. The molecule has 1 aromatic rings. The minimum atomic E-state index is -1.60. The highest BCUT2D eigenvalue weighted by Crippen LogP contribution is 2.12. The van der Waals surface area contributed by atoms with Gasteiger partial charge in [-0.3, -0.25) is 24.0 Å². The predicted molar refractivity (Wildman–Crippen MR) is 132 cm³/mol. The van der Waals surface area contributed by atoms with E-state index in [4.69, 9.17) is 10.8 Å². The molecule has 38 heavy (non-hydrogen) atoms. The van der Waals surface area contributed by atoms with E-state index < -0.39 is 85.0 Å². The first kappa shape index (κ1) is 31.8. The Morgan fingerprint density at radius 2 is 1.42 bits per heavy atom. The third-order valence-electron chi connectivity index (χ3n) is 5.80. The number of hydrogen-bond acceptors (Lipinski definition) is 8. The summed E-state index contributed by atoms with van der Waals surface area (Å²) >= 11 is 0. The Labute approximate surface area is 218 Å². The Kier molecular flexibility index (Phi) is 12.7. The summed E-state index contributed by atoms with van der Waals surface area (Å²) in [5, 5.41) is 43.6. The van der Waals surface area contributed by atoms with Crippen LogP contribution in [0.15, 0.2) is 24.3 Å². The van der Waals surface area contributed by atoms with E-state index in [1.54, 1.807) is 26.0 Å². The second kappa shape index (κ2) is 15.1. The highest BCUT2D eigenvalue weighted by atomic mass is 16.4. The zero-order valence-electron chi connectivity index (χ0n) is 21.0. The molecule has 0 aliphatic carbocycles. The molecule has 0 saturated carbocycles. The van der Waals surface area contributed by atoms with Crippen molar-refractivity contribution in [3.63, 3.8) is 0 Å². The number of amides is 3. The van der Waals surface area contributed by atoms with Gasteiger partial charge in [-0.15, -0.1) is 0 Å². The number of benzene rings is 1. The van der Waals surface area contributed by atoms with Gasteiger partial charge in [0.1, 0.15) is 23.9 Å². The number of carbonyl (C=O) groups is 6. The van der Waals surface area contributed by atoms with Gasteiger partial charge < -0.3 is 42.1 Å². The maximum absolute atomic E-state index is 13.0. The third-order valence-corrected chi connectivity index (χ3v) is 5.80. The molecule has 3 amide bonds. The van der Waals surface area contributed by atoms with E-state index in [2.05, 4.69) is 16.0 Å². The van der Waals surface area contributed by atoms with Crippen LogP contribution in [0.25, 0.3) is 0 Å². The second-order valence-electron chi connectivity index (χ2n) is 8.84. The number of rotatable bonds is 16. The zero-order valence-corrected chi connectivity index (χ0v) is 21.0. The lowest BCUT2D eigenvalue weighted by molar-refractivity contribution is -0.144. The Hall–Kier alpha value is -4.20. The molecule has 1 aromatic carbocycles. The van der Waals surface area contributed by atoms with Gasteiger partial charge in [0.15, 0.2) is 0 Å². The number of carboxylic acids is 3. The van der Waals surface area contributed by atoms with Crippen LogP contribution in [-0.4, -0.2) is 80.2 Å². The van der Waals surface area contributed by atoms with Crippen LogP contribution in [0.5, 0.6) is 5.75 Å². The van der Waals surface area contributed by atoms with Crippen molar-refractivity contribution in [2.24, 2.45) is 11.7 Å². The maximum Gasteiger partial charge on any atom is 0.326 e. The van der Waals surface area contributed by atoms with E-state index in [0.29, 0.717) is 12.0 Å². The quantitative estimate of drug-likeness (QED) is 0.129. The number of nitrogens with one attached hydrogen (secondary N) is 3. The highest BCUT2D eigenvalue weighted by molar-refractivity contribution is 5.95. The summed E-state index contributed by atoms with van der Waals surface area (Å²) in [7, 11) is 0. The second-order valence-corrected chi connectivity index (χ2v) is 8.84. The number of carboxylic acid groups (broad SMARTS) is 3. The van der Waals surface area contributed by atoms with Crippen LogP contribution in [-0.2, 0) is 35.2 Å². The lowest BCUT2D eigenvalue weighted by atomic mass is 9.97. The fraction of sp³-hybridized carbons (Fsp3) is 0.500. The SMILES string of the molecule is CCC(C)C(NC(=O)C(CC(=O)O)NC(=O)C(N)Cc1ccc(O)cc1)C(=O)NC(CCC(=O)O)C(=O)O. The molecule has 5 unspecified atom stereocenters. The summed E-state index contributed by atoms with van der Waals surface area (Å²) in [4.78, 5) is 72.1. The van der Waals surface area contributed by atoms with Gasteiger partial charge in [-0.1, -0.05) is 32.4 Å². The van der Waals surface area contributed by atoms with Crippen molar-refractivity contribution in [3.8, 4) is 5.75 Å². The fourth-order valence-electron chi connectivity index (χ4n) is 3.38. The lowest BCUT2D eigenvalue weighted by Crippen LogP contribution is -2.59. The molecule has 210 valence electrons. The fourth-order valence-corrected chi connectivity index (χ4v) is 3.38. The molecule has 9 N–H and O–H groups in total. The van der Waals surface area contributed by atoms with E-state index in [9.17, 15) is 44.1 Å². The third kappa shape index (κ3) is 10.8. The Morgan fingerprint density at radius 1 is 0.842 bits per heavy atom. The monoisotopic (exact) mass is 538 g/mol. The molecule has 0 aliphatic heterocycles. The van der Waals surface area contributed by atoms with Crippen LogP contribution in [0.4, 0.5) is 0 Å². The topological polar surface area (TPSA) is 245 Å². The van der Waals surface area contributed by atoms with Gasteiger partial charge in [0, 0.05) is 6.42 Å². The molecule has 0 fully saturated rings. The summed E-state index contributed by atoms with van der Waals surface area (Å²) in [5.74, 6) is -7.40. The van der Waals surface area contributed by atoms with Crippen molar-refractivity contribution >= 4 is 35.6 Å². The molecule has 5 atom stereocenters. The van der Waals surface area contributed by atoms with Crippen molar-refractivity contribution in [1.82, 2.24) is 16.0 Å². The number of phenolic OH excluding ortho intramolecular Hbond substituents is 1. The van der Waals surface area contributed by atoms with Crippen LogP contribution < -0.4 is 21.7 Å². The highest BCUT2D eigenvalue weighted by Gasteiger charge is 2.33. The molecule has 0 aliphatic rings. The van der Waals surface area contributed by atoms with Crippen LogP contribution >= 0.6 is 0 Å². The van der Waals surface area contributed by atoms with Gasteiger partial charge in [-0.25, -0.2) is 4.79 Å². The minimum Gasteiger partial charge on any atom is -0.508 e. The normalized spacial score (nSPS) is 14.7. The number of hydrogen-bond donors (Lipinski definition) is 8. The standard InChI is InChI=1S/C24H34N4O10/c1-3-12(2)20(23(36)26-16(24(37)38)8-9-18(30)31)28-22(35)17(11-19(32)33)27-21(34)15(25)10-13-4-6-14(29)7-5-13/h4-7,12,15-17,20,29H,3,8-11,25H2,1-2H3,(H,26,36)(H,27,34)(H,28,35)(H,30,31)(H,32,33)(H,37,38). The Balaban J connectivity index is 3.00. The number of phenols is 1. The molecule has 0 spiro atoms. The van der Waals surface area contributed by atoms with E-state index in [1.165, 1.54) is 12.1 Å². The van der Waals surface area contributed by atoms with Gasteiger partial charge in [0.05, 0.1) is 12.5 Å². The number of nitrogens with two attached hydrogens (primary N) is 1. The van der Waals surface area contributed by atoms with E-state index >= 15 is 0 Å². The molecule has 14 heteroatoms. The summed E-state index contributed by atoms with van der Waals surface area (Å²) in [6.45, 7) is 3.30. The molecule has 0 aromatic heterocycles. The maximum atomic E-state index is 13.0. The van der Waals surface area contributed by atoms with Crippen LogP contribution in [0.2, 0.25) is 0 Å². The van der Waals surface area contributed by atoms with Crippen molar-refractivity contribution in [2.45, 2.75) is 70.1 Å². The van der Waals surface area contributed by atoms with E-state index in [1.807, 2.05) is 0 Å². The van der Waals surface area contributed by atoms with Gasteiger partial charge >= 0.3 is 17.9 Å². The molecular weight excluding hydrogens is 504 g/mol. The first-order valence-electron chi connectivity index (χ1n) is 11.9. The minimum absolute atomic E-state index is 0.0152. The summed E-state index contributed by atoms with van der Waals surface area (Å²) < 4.78 is 0. The molecule has 0 radical (unpaired) electrons. The van der Waals surface area contributed by atoms with Crippen LogP contribution in [0.1, 0.15) is 45.1 Å². The Morgan fingerprint density at radius 3 is 1.92 bits per heavy atom. The smallest absolute Gasteiger partial charge is 0.326 e. The summed E-state index contributed by atoms with van der Waals surface area (Å²) in [5.41, 5.74) is 6.51. The van der Waals surface area contributed by atoms with Crippen molar-refractivity contribution in [3.05, 3.63) is 29.8 Å². The number of aromatic hydroxyl groups is 1. The van der Waals surface area contributed by atoms with Gasteiger partial charge in [0.25, 0.3) is 0 Å². The van der Waals surface area contributed by atoms with Crippen LogP contribution in [0.3, 0.4) is 0 Å². The molecule has 0 heterocycles. The van der Waals surface area contributed by atoms with E-state index in [0.717, 1.165) is 0 Å². The van der Waals surface area contributed by atoms with Crippen molar-refractivity contribution in [1.29, 1.82) is 0 Å². The number of aliphatic carboxylic acids is 3. The summed E-state index contributed by atoms with van der Waals surface area (Å²) in [6, 6.07) is 0.275. The van der Waals surface area contributed by atoms with Gasteiger partial charge in [-0.05, 0) is 36.5 Å². The zero-order chi connectivity index (χ0) is 29.0. The van der Waals surface area contributed by atoms with E-state index in [-0.39, 0.29) is 12.2 Å². The molecule has 0 bridgehead atoms. The average molecular weight is 539 g/mol. The largest absolute Gasteiger partial charge is 0.508 e. The molecule has 0 saturated heterocycles. The average Bonchev–Trinajstić information content (AvgIpc) is 2.84. The van der Waals surface area contributed by atoms with Crippen molar-refractivity contribution < 1.29 is 49.2 Å². The van der Waals surface area contributed by atoms with Gasteiger partial charge in [0.2, 0.25) is 17.7 Å². The van der Waals surface area contributed by atoms with Crippen molar-refractivity contribution in [2.75, 3.05) is 0 Å². The lowest BCUT2D eigenvalue weighted by Gasteiger charge is -2.27. The molecule has 14 nitrogen and oxygen atoms in total. The van der Waals surface area contributed by atoms with Crippen LogP contribution in [0, 0.1) is 5.92 Å². The molecule has 1 rings (SSSR count). The van der Waals surface area contributed by atoms with Gasteiger partial charge in [-0.2, -0.15) is 0 Å². The predicted octanol–water partition coefficient (Wildman–Crippen LogP) is -0.813. The number of carbonyl (C=O) groups excluding carboxylic acids is 3. The Bertz CT molecular complexity index is 1010. The first-order valence-corrected chi connectivity index (χ1v) is 11.9.